The fourth-order valence-corrected chi connectivity index (χ4v) is 0.995. The van der Waals surface area contributed by atoms with Gasteiger partial charge in [-0.15, -0.1) is 0 Å². The molecule has 0 aromatic carbocycles. The van der Waals surface area contributed by atoms with Gasteiger partial charge in [0, 0.05) is 6.54 Å². The topological polar surface area (TPSA) is 116 Å². The van der Waals surface area contributed by atoms with E-state index in [0.29, 0.717) is 6.54 Å². The predicted octanol–water partition coefficient (Wildman–Crippen LogP) is 0.260. The molecule has 2 unspecified atom stereocenters. The summed E-state index contributed by atoms with van der Waals surface area (Å²) in [6.45, 7) is 4.32. The summed E-state index contributed by atoms with van der Waals surface area (Å²) in [4.78, 5) is 32.3. The van der Waals surface area contributed by atoms with Gasteiger partial charge in [0.25, 0.3) is 0 Å². The molecule has 0 bridgehead atoms. The number of hydrogen-bond donors (Lipinski definition) is 4. The molecule has 0 fully saturated rings. The van der Waals surface area contributed by atoms with Crippen molar-refractivity contribution in [3.63, 3.8) is 0 Å². The minimum atomic E-state index is -1.41. The van der Waals surface area contributed by atoms with Gasteiger partial charge in [-0.3, -0.25) is 4.79 Å². The Balaban J connectivity index is 4.13. The fourth-order valence-electron chi connectivity index (χ4n) is 0.995. The Morgan fingerprint density at radius 2 is 1.82 bits per heavy atom. The van der Waals surface area contributed by atoms with E-state index in [1.165, 1.54) is 0 Å². The molecule has 0 aliphatic carbocycles. The molecule has 0 saturated heterocycles. The number of carbonyl (C=O) groups is 3. The molecule has 0 aromatic heterocycles. The number of aliphatic carboxylic acids is 2. The van der Waals surface area contributed by atoms with Crippen LogP contribution in [0.2, 0.25) is 0 Å². The summed E-state index contributed by atoms with van der Waals surface area (Å²) in [6, 6.07) is -2.08. The van der Waals surface area contributed by atoms with Crippen LogP contribution in [0.1, 0.15) is 26.7 Å². The van der Waals surface area contributed by atoms with Gasteiger partial charge in [-0.25, -0.2) is 9.59 Å². The van der Waals surface area contributed by atoms with Crippen LogP contribution >= 0.6 is 0 Å². The lowest BCUT2D eigenvalue weighted by atomic mass is 10.1. The quantitative estimate of drug-likeness (QED) is 0.514. The lowest BCUT2D eigenvalue weighted by Crippen LogP contribution is -2.47. The van der Waals surface area contributed by atoms with Crippen LogP contribution in [0.25, 0.3) is 0 Å². The molecule has 2 amide bonds. The zero-order valence-corrected chi connectivity index (χ0v) is 9.90. The van der Waals surface area contributed by atoms with Gasteiger partial charge in [0.2, 0.25) is 0 Å². The number of nitrogens with one attached hydrogen (secondary N) is 2. The molecule has 98 valence electrons. The highest BCUT2D eigenvalue weighted by Gasteiger charge is 2.22. The second-order valence-corrected chi connectivity index (χ2v) is 3.86. The van der Waals surface area contributed by atoms with E-state index in [1.807, 2.05) is 13.8 Å². The molecule has 7 heteroatoms. The lowest BCUT2D eigenvalue weighted by Gasteiger charge is -2.15. The molecule has 17 heavy (non-hydrogen) atoms. The molecule has 0 saturated carbocycles. The number of rotatable bonds is 7. The van der Waals surface area contributed by atoms with Crippen LogP contribution in [0.4, 0.5) is 4.79 Å². The van der Waals surface area contributed by atoms with E-state index in [1.54, 1.807) is 0 Å². The van der Waals surface area contributed by atoms with Gasteiger partial charge in [-0.2, -0.15) is 0 Å². The normalized spacial score (nSPS) is 13.5. The third-order valence-electron chi connectivity index (χ3n) is 2.29. The number of carboxylic acid groups (broad SMARTS) is 2. The van der Waals surface area contributed by atoms with Crippen molar-refractivity contribution in [2.24, 2.45) is 5.92 Å². The minimum absolute atomic E-state index is 0.281. The fraction of sp³-hybridized carbons (Fsp3) is 0.700. The van der Waals surface area contributed by atoms with Gasteiger partial charge < -0.3 is 20.8 Å². The Bertz CT molecular complexity index is 292. The maximum absolute atomic E-state index is 11.3. The molecule has 0 aromatic rings. The van der Waals surface area contributed by atoms with Crippen molar-refractivity contribution in [1.29, 1.82) is 0 Å². The molecule has 0 rings (SSSR count). The Morgan fingerprint density at radius 1 is 1.24 bits per heavy atom. The summed E-state index contributed by atoms with van der Waals surface area (Å²) >= 11 is 0. The van der Waals surface area contributed by atoms with Crippen molar-refractivity contribution >= 4 is 18.0 Å². The minimum Gasteiger partial charge on any atom is -0.481 e. The van der Waals surface area contributed by atoms with Gasteiger partial charge in [-0.05, 0) is 5.92 Å². The summed E-state index contributed by atoms with van der Waals surface area (Å²) in [7, 11) is 0. The van der Waals surface area contributed by atoms with Crippen molar-refractivity contribution in [1.82, 2.24) is 10.6 Å². The lowest BCUT2D eigenvalue weighted by molar-refractivity contribution is -0.145. The monoisotopic (exact) mass is 246 g/mol. The highest BCUT2D eigenvalue weighted by atomic mass is 16.4. The highest BCUT2D eigenvalue weighted by Crippen LogP contribution is 1.97. The van der Waals surface area contributed by atoms with Crippen molar-refractivity contribution in [2.75, 3.05) is 6.54 Å². The second-order valence-electron chi connectivity index (χ2n) is 3.86. The van der Waals surface area contributed by atoms with E-state index in [0.717, 1.165) is 6.42 Å². The Morgan fingerprint density at radius 3 is 2.24 bits per heavy atom. The van der Waals surface area contributed by atoms with Gasteiger partial charge >= 0.3 is 18.0 Å². The zero-order valence-electron chi connectivity index (χ0n) is 9.90. The van der Waals surface area contributed by atoms with Crippen molar-refractivity contribution in [3.8, 4) is 0 Å². The first kappa shape index (κ1) is 15.2. The number of carboxylic acids is 2. The molecular weight excluding hydrogens is 228 g/mol. The molecule has 4 N–H and O–H groups in total. The molecule has 0 spiro atoms. The third-order valence-corrected chi connectivity index (χ3v) is 2.29. The Kier molecular flexibility index (Phi) is 6.69. The van der Waals surface area contributed by atoms with E-state index in [9.17, 15) is 14.4 Å². The number of urea groups is 1. The van der Waals surface area contributed by atoms with Gasteiger partial charge in [0.15, 0.2) is 0 Å². The van der Waals surface area contributed by atoms with Gasteiger partial charge in [-0.1, -0.05) is 20.3 Å². The van der Waals surface area contributed by atoms with Crippen molar-refractivity contribution in [3.05, 3.63) is 0 Å². The molecule has 0 heterocycles. The smallest absolute Gasteiger partial charge is 0.326 e. The van der Waals surface area contributed by atoms with E-state index in [-0.39, 0.29) is 5.92 Å². The molecule has 7 nitrogen and oxygen atoms in total. The van der Waals surface area contributed by atoms with Crippen LogP contribution in [0.15, 0.2) is 0 Å². The largest absolute Gasteiger partial charge is 0.481 e. The van der Waals surface area contributed by atoms with Gasteiger partial charge in [0.05, 0.1) is 6.42 Å². The van der Waals surface area contributed by atoms with Crippen molar-refractivity contribution < 1.29 is 24.6 Å². The van der Waals surface area contributed by atoms with E-state index in [4.69, 9.17) is 10.2 Å². The van der Waals surface area contributed by atoms with Crippen molar-refractivity contribution in [2.45, 2.75) is 32.7 Å². The van der Waals surface area contributed by atoms with E-state index in [2.05, 4.69) is 10.6 Å². The summed E-state index contributed by atoms with van der Waals surface area (Å²) < 4.78 is 0. The average molecular weight is 246 g/mol. The summed E-state index contributed by atoms with van der Waals surface area (Å²) in [5.41, 5.74) is 0. The highest BCUT2D eigenvalue weighted by molar-refractivity contribution is 5.86. The Hall–Kier alpha value is -1.79. The standard InChI is InChI=1S/C10H18N2O5/c1-3-6(2)5-11-10(17)12-7(9(15)16)4-8(13)14/h6-7H,3-5H2,1-2H3,(H,13,14)(H,15,16)(H2,11,12,17). The van der Waals surface area contributed by atoms with E-state index < -0.39 is 30.4 Å². The first-order valence-electron chi connectivity index (χ1n) is 5.35. The summed E-state index contributed by atoms with van der Waals surface area (Å²) in [6.07, 6.45) is 0.240. The first-order chi connectivity index (χ1) is 7.86. The second kappa shape index (κ2) is 7.48. The molecule has 0 aliphatic rings. The van der Waals surface area contributed by atoms with Crippen LogP contribution < -0.4 is 10.6 Å². The van der Waals surface area contributed by atoms with Crippen LogP contribution in [-0.4, -0.2) is 40.8 Å². The average Bonchev–Trinajstić information content (AvgIpc) is 2.24. The van der Waals surface area contributed by atoms with Crippen LogP contribution in [0.5, 0.6) is 0 Å². The van der Waals surface area contributed by atoms with Crippen LogP contribution in [0.3, 0.4) is 0 Å². The zero-order chi connectivity index (χ0) is 13.4. The predicted molar refractivity (Wildman–Crippen MR) is 59.7 cm³/mol. The molecule has 2 atom stereocenters. The maximum Gasteiger partial charge on any atom is 0.326 e. The maximum atomic E-state index is 11.3. The summed E-state index contributed by atoms with van der Waals surface area (Å²) in [5.74, 6) is -2.37. The number of hydrogen-bond acceptors (Lipinski definition) is 3. The van der Waals surface area contributed by atoms with E-state index >= 15 is 0 Å². The molecular formula is C10H18N2O5. The third kappa shape index (κ3) is 7.15. The van der Waals surface area contributed by atoms with Crippen LogP contribution in [-0.2, 0) is 9.59 Å². The SMILES string of the molecule is CCC(C)CNC(=O)NC(CC(=O)O)C(=O)O. The van der Waals surface area contributed by atoms with Crippen LogP contribution in [0, 0.1) is 5.92 Å². The summed E-state index contributed by atoms with van der Waals surface area (Å²) in [5, 5.41) is 21.7. The van der Waals surface area contributed by atoms with Gasteiger partial charge in [0.1, 0.15) is 6.04 Å². The number of carbonyl (C=O) groups excluding carboxylic acids is 1. The Labute approximate surface area is 99.2 Å². The molecule has 0 radical (unpaired) electrons. The first-order valence-corrected chi connectivity index (χ1v) is 5.35. The number of amides is 2. The molecule has 0 aliphatic heterocycles.